The average molecular weight is 294 g/mol. The van der Waals surface area contributed by atoms with Gasteiger partial charge >= 0.3 is 0 Å². The molecule has 2 rings (SSSR count). The van der Waals surface area contributed by atoms with Gasteiger partial charge in [0.15, 0.2) is 0 Å². The summed E-state index contributed by atoms with van der Waals surface area (Å²) in [6.07, 6.45) is 0. The molecule has 0 aliphatic carbocycles. The summed E-state index contributed by atoms with van der Waals surface area (Å²) in [6.45, 7) is 4.14. The first-order valence-corrected chi connectivity index (χ1v) is 7.09. The predicted octanol–water partition coefficient (Wildman–Crippen LogP) is 3.06. The van der Waals surface area contributed by atoms with E-state index in [1.165, 1.54) is 0 Å². The minimum Gasteiger partial charge on any atom is -0.491 e. The minimum atomic E-state index is -0.141. The van der Waals surface area contributed by atoms with Crippen LogP contribution in [-0.4, -0.2) is 18.6 Å². The van der Waals surface area contributed by atoms with Crippen LogP contribution < -0.4 is 10.1 Å². The van der Waals surface area contributed by atoms with Crippen LogP contribution in [0.2, 0.25) is 0 Å². The standard InChI is InChI=1S/C18H18N2O2/c1-13-8-9-15(11-19)10-17(13)22-12-14(2)20-18(21)16-6-4-3-5-7-16/h3-10,14H,12H2,1-2H3,(H,20,21). The topological polar surface area (TPSA) is 62.1 Å². The van der Waals surface area contributed by atoms with E-state index in [2.05, 4.69) is 11.4 Å². The number of carbonyl (C=O) groups excluding carboxylic acids is 1. The van der Waals surface area contributed by atoms with Crippen molar-refractivity contribution in [1.29, 1.82) is 5.26 Å². The summed E-state index contributed by atoms with van der Waals surface area (Å²) in [5, 5.41) is 11.8. The molecule has 0 aliphatic rings. The lowest BCUT2D eigenvalue weighted by Gasteiger charge is -2.16. The summed E-state index contributed by atoms with van der Waals surface area (Å²) in [5.74, 6) is 0.541. The third kappa shape index (κ3) is 4.10. The summed E-state index contributed by atoms with van der Waals surface area (Å²) in [5.41, 5.74) is 2.14. The molecule has 4 nitrogen and oxygen atoms in total. The van der Waals surface area contributed by atoms with Gasteiger partial charge in [0.05, 0.1) is 17.7 Å². The van der Waals surface area contributed by atoms with Crippen LogP contribution in [0, 0.1) is 18.3 Å². The van der Waals surface area contributed by atoms with Gasteiger partial charge in [-0.1, -0.05) is 24.3 Å². The Kier molecular flexibility index (Phi) is 5.16. The van der Waals surface area contributed by atoms with Gasteiger partial charge in [0.2, 0.25) is 0 Å². The van der Waals surface area contributed by atoms with Gasteiger partial charge in [-0.3, -0.25) is 4.79 Å². The summed E-state index contributed by atoms with van der Waals surface area (Å²) in [7, 11) is 0. The number of nitriles is 1. The SMILES string of the molecule is Cc1ccc(C#N)cc1OCC(C)NC(=O)c1ccccc1. The van der Waals surface area contributed by atoms with Gasteiger partial charge in [0.25, 0.3) is 5.91 Å². The molecule has 1 unspecified atom stereocenters. The second kappa shape index (κ2) is 7.28. The monoisotopic (exact) mass is 294 g/mol. The van der Waals surface area contributed by atoms with Crippen molar-refractivity contribution in [3.8, 4) is 11.8 Å². The Balaban J connectivity index is 1.92. The van der Waals surface area contributed by atoms with E-state index in [-0.39, 0.29) is 11.9 Å². The third-order valence-corrected chi connectivity index (χ3v) is 3.22. The van der Waals surface area contributed by atoms with Crippen LogP contribution in [0.15, 0.2) is 48.5 Å². The quantitative estimate of drug-likeness (QED) is 0.922. The Hall–Kier alpha value is -2.80. The van der Waals surface area contributed by atoms with Gasteiger partial charge in [0.1, 0.15) is 12.4 Å². The van der Waals surface area contributed by atoms with E-state index in [0.717, 1.165) is 5.56 Å². The molecule has 0 saturated carbocycles. The molecule has 0 spiro atoms. The fraction of sp³-hybridized carbons (Fsp3) is 0.222. The molecule has 0 bridgehead atoms. The van der Waals surface area contributed by atoms with Crippen LogP contribution in [0.4, 0.5) is 0 Å². The number of nitrogens with one attached hydrogen (secondary N) is 1. The highest BCUT2D eigenvalue weighted by Gasteiger charge is 2.10. The molecule has 0 fully saturated rings. The number of amides is 1. The molecule has 112 valence electrons. The van der Waals surface area contributed by atoms with Crippen molar-refractivity contribution < 1.29 is 9.53 Å². The number of nitrogens with zero attached hydrogens (tertiary/aromatic N) is 1. The Labute approximate surface area is 130 Å². The van der Waals surface area contributed by atoms with E-state index in [1.807, 2.05) is 38.1 Å². The number of hydrogen-bond donors (Lipinski definition) is 1. The molecular formula is C18H18N2O2. The van der Waals surface area contributed by atoms with Crippen molar-refractivity contribution in [2.75, 3.05) is 6.61 Å². The number of carbonyl (C=O) groups is 1. The molecule has 1 amide bonds. The molecule has 1 atom stereocenters. The first-order chi connectivity index (χ1) is 10.6. The number of aryl methyl sites for hydroxylation is 1. The molecule has 22 heavy (non-hydrogen) atoms. The lowest BCUT2D eigenvalue weighted by molar-refractivity contribution is 0.0926. The van der Waals surface area contributed by atoms with Gasteiger partial charge in [-0.15, -0.1) is 0 Å². The lowest BCUT2D eigenvalue weighted by atomic mass is 10.1. The predicted molar refractivity (Wildman–Crippen MR) is 84.8 cm³/mol. The first-order valence-electron chi connectivity index (χ1n) is 7.09. The highest BCUT2D eigenvalue weighted by atomic mass is 16.5. The zero-order valence-electron chi connectivity index (χ0n) is 12.7. The molecule has 0 saturated heterocycles. The van der Waals surface area contributed by atoms with E-state index in [0.29, 0.717) is 23.5 Å². The molecule has 2 aromatic rings. The second-order valence-electron chi connectivity index (χ2n) is 5.14. The summed E-state index contributed by atoms with van der Waals surface area (Å²) in [6, 6.07) is 16.3. The van der Waals surface area contributed by atoms with Crippen LogP contribution in [0.3, 0.4) is 0 Å². The van der Waals surface area contributed by atoms with Gasteiger partial charge < -0.3 is 10.1 Å². The van der Waals surface area contributed by atoms with E-state index >= 15 is 0 Å². The minimum absolute atomic E-state index is 0.126. The lowest BCUT2D eigenvalue weighted by Crippen LogP contribution is -2.36. The highest BCUT2D eigenvalue weighted by molar-refractivity contribution is 5.94. The Morgan fingerprint density at radius 1 is 1.27 bits per heavy atom. The number of hydrogen-bond acceptors (Lipinski definition) is 3. The molecule has 1 N–H and O–H groups in total. The normalized spacial score (nSPS) is 11.3. The van der Waals surface area contributed by atoms with Crippen molar-refractivity contribution in [3.63, 3.8) is 0 Å². The number of ether oxygens (including phenoxy) is 1. The Morgan fingerprint density at radius 2 is 2.00 bits per heavy atom. The largest absolute Gasteiger partial charge is 0.491 e. The van der Waals surface area contributed by atoms with Crippen molar-refractivity contribution in [1.82, 2.24) is 5.32 Å². The van der Waals surface area contributed by atoms with Crippen LogP contribution in [0.1, 0.15) is 28.4 Å². The second-order valence-corrected chi connectivity index (χ2v) is 5.14. The maximum Gasteiger partial charge on any atom is 0.251 e. The number of rotatable bonds is 5. The van der Waals surface area contributed by atoms with Gasteiger partial charge in [-0.05, 0) is 43.7 Å². The first kappa shape index (κ1) is 15.6. The van der Waals surface area contributed by atoms with Gasteiger partial charge in [-0.2, -0.15) is 5.26 Å². The molecule has 0 aromatic heterocycles. The number of benzene rings is 2. The van der Waals surface area contributed by atoms with Crippen LogP contribution in [0.25, 0.3) is 0 Å². The summed E-state index contributed by atoms with van der Waals surface area (Å²) >= 11 is 0. The molecular weight excluding hydrogens is 276 g/mol. The van der Waals surface area contributed by atoms with Gasteiger partial charge in [-0.25, -0.2) is 0 Å². The Morgan fingerprint density at radius 3 is 2.68 bits per heavy atom. The summed E-state index contributed by atoms with van der Waals surface area (Å²) < 4.78 is 5.71. The van der Waals surface area contributed by atoms with Crippen molar-refractivity contribution in [2.24, 2.45) is 0 Å². The van der Waals surface area contributed by atoms with E-state index in [1.54, 1.807) is 24.3 Å². The smallest absolute Gasteiger partial charge is 0.251 e. The zero-order chi connectivity index (χ0) is 15.9. The molecule has 0 heterocycles. The van der Waals surface area contributed by atoms with Crippen LogP contribution in [0.5, 0.6) is 5.75 Å². The molecule has 0 aliphatic heterocycles. The van der Waals surface area contributed by atoms with Crippen molar-refractivity contribution in [3.05, 3.63) is 65.2 Å². The van der Waals surface area contributed by atoms with E-state index < -0.39 is 0 Å². The average Bonchev–Trinajstić information content (AvgIpc) is 2.55. The van der Waals surface area contributed by atoms with E-state index in [4.69, 9.17) is 10.00 Å². The fourth-order valence-electron chi connectivity index (χ4n) is 1.98. The maximum absolute atomic E-state index is 12.0. The summed E-state index contributed by atoms with van der Waals surface area (Å²) in [4.78, 5) is 12.0. The maximum atomic E-state index is 12.0. The highest BCUT2D eigenvalue weighted by Crippen LogP contribution is 2.19. The van der Waals surface area contributed by atoms with Crippen molar-refractivity contribution >= 4 is 5.91 Å². The molecule has 2 aromatic carbocycles. The van der Waals surface area contributed by atoms with E-state index in [9.17, 15) is 4.79 Å². The molecule has 4 heteroatoms. The van der Waals surface area contributed by atoms with Crippen LogP contribution >= 0.6 is 0 Å². The Bertz CT molecular complexity index is 690. The van der Waals surface area contributed by atoms with Crippen LogP contribution in [-0.2, 0) is 0 Å². The zero-order valence-corrected chi connectivity index (χ0v) is 12.7. The van der Waals surface area contributed by atoms with Crippen molar-refractivity contribution in [2.45, 2.75) is 19.9 Å². The third-order valence-electron chi connectivity index (χ3n) is 3.22. The molecule has 0 radical (unpaired) electrons. The fourth-order valence-corrected chi connectivity index (χ4v) is 1.98. The van der Waals surface area contributed by atoms with Gasteiger partial charge in [0, 0.05) is 5.56 Å².